The first-order valence-corrected chi connectivity index (χ1v) is 8.80. The number of fused-ring (bicyclic) bond motifs is 1. The van der Waals surface area contributed by atoms with Gasteiger partial charge in [-0.3, -0.25) is 14.4 Å². The minimum atomic E-state index is 0.215. The van der Waals surface area contributed by atoms with Crippen LogP contribution in [-0.4, -0.2) is 69.9 Å². The zero-order valence-electron chi connectivity index (χ0n) is 13.8. The van der Waals surface area contributed by atoms with Crippen LogP contribution in [-0.2, 0) is 16.1 Å². The summed E-state index contributed by atoms with van der Waals surface area (Å²) in [5.41, 5.74) is 0. The summed E-state index contributed by atoms with van der Waals surface area (Å²) < 4.78 is 7.51. The maximum absolute atomic E-state index is 12.2. The van der Waals surface area contributed by atoms with Gasteiger partial charge in [0.2, 0.25) is 5.91 Å². The Morgan fingerprint density at radius 3 is 3.00 bits per heavy atom. The Hall–Kier alpha value is -1.40. The summed E-state index contributed by atoms with van der Waals surface area (Å²) in [5.74, 6) is 0.807. The van der Waals surface area contributed by atoms with Crippen molar-refractivity contribution in [2.75, 3.05) is 26.3 Å². The van der Waals surface area contributed by atoms with E-state index >= 15 is 0 Å². The van der Waals surface area contributed by atoms with Gasteiger partial charge >= 0.3 is 0 Å². The van der Waals surface area contributed by atoms with Gasteiger partial charge in [-0.25, -0.2) is 0 Å². The molecule has 4 heterocycles. The zero-order valence-corrected chi connectivity index (χ0v) is 13.8. The van der Waals surface area contributed by atoms with Crippen molar-refractivity contribution >= 4 is 5.91 Å². The second kappa shape index (κ2) is 6.24. The topological polar surface area (TPSA) is 50.6 Å². The van der Waals surface area contributed by atoms with Gasteiger partial charge in [0, 0.05) is 51.1 Å². The van der Waals surface area contributed by atoms with Crippen LogP contribution >= 0.6 is 0 Å². The molecule has 3 aliphatic heterocycles. The standard InChI is InChI=1S/C17H26N4O2/c1-13(22)21-16(11-20-6-2-5-18-20)9-14-10-19(7-3-17(14)21)15-4-8-23-12-15/h2,5-6,14-17H,3-4,7-12H2,1H3/t14-,15+,16+,17+/m1/s1. The number of piperidine rings is 1. The summed E-state index contributed by atoms with van der Waals surface area (Å²) in [5, 5.41) is 4.32. The molecule has 6 heteroatoms. The van der Waals surface area contributed by atoms with E-state index in [1.54, 1.807) is 6.92 Å². The minimum Gasteiger partial charge on any atom is -0.380 e. The average Bonchev–Trinajstić information content (AvgIpc) is 3.27. The quantitative estimate of drug-likeness (QED) is 0.834. The summed E-state index contributed by atoms with van der Waals surface area (Å²) in [6, 6.07) is 3.22. The number of rotatable bonds is 3. The Labute approximate surface area is 137 Å². The van der Waals surface area contributed by atoms with Crippen LogP contribution in [0.2, 0.25) is 0 Å². The van der Waals surface area contributed by atoms with E-state index in [1.807, 2.05) is 23.1 Å². The Morgan fingerprint density at radius 2 is 2.30 bits per heavy atom. The molecular weight excluding hydrogens is 292 g/mol. The highest BCUT2D eigenvalue weighted by Crippen LogP contribution is 2.37. The number of nitrogens with zero attached hydrogens (tertiary/aromatic N) is 4. The molecule has 3 aliphatic rings. The highest BCUT2D eigenvalue weighted by Gasteiger charge is 2.46. The van der Waals surface area contributed by atoms with Crippen molar-refractivity contribution in [1.29, 1.82) is 0 Å². The van der Waals surface area contributed by atoms with Gasteiger partial charge in [0.05, 0.1) is 19.2 Å². The molecule has 1 aromatic rings. The van der Waals surface area contributed by atoms with Gasteiger partial charge in [0.1, 0.15) is 0 Å². The number of carbonyl (C=O) groups excluding carboxylic acids is 1. The molecule has 0 unspecified atom stereocenters. The summed E-state index contributed by atoms with van der Waals surface area (Å²) in [4.78, 5) is 17.0. The molecule has 4 rings (SSSR count). The number of ether oxygens (including phenoxy) is 1. The fourth-order valence-corrected chi connectivity index (χ4v) is 4.80. The van der Waals surface area contributed by atoms with Crippen LogP contribution in [0.3, 0.4) is 0 Å². The van der Waals surface area contributed by atoms with E-state index in [0.29, 0.717) is 18.0 Å². The molecule has 23 heavy (non-hydrogen) atoms. The molecule has 4 atom stereocenters. The lowest BCUT2D eigenvalue weighted by Gasteiger charge is -2.40. The number of carbonyl (C=O) groups is 1. The van der Waals surface area contributed by atoms with Gasteiger partial charge in [-0.05, 0) is 31.2 Å². The number of likely N-dealkylation sites (tertiary alicyclic amines) is 2. The Kier molecular flexibility index (Phi) is 4.11. The highest BCUT2D eigenvalue weighted by molar-refractivity contribution is 5.74. The molecule has 1 aromatic heterocycles. The monoisotopic (exact) mass is 318 g/mol. The summed E-state index contributed by atoms with van der Waals surface area (Å²) in [6.45, 7) is 6.51. The fourth-order valence-electron chi connectivity index (χ4n) is 4.80. The molecule has 126 valence electrons. The van der Waals surface area contributed by atoms with Crippen LogP contribution in [0.4, 0.5) is 0 Å². The lowest BCUT2D eigenvalue weighted by Crippen LogP contribution is -2.51. The highest BCUT2D eigenvalue weighted by atomic mass is 16.5. The van der Waals surface area contributed by atoms with Crippen LogP contribution < -0.4 is 0 Å². The fraction of sp³-hybridized carbons (Fsp3) is 0.765. The normalized spacial score (nSPS) is 34.7. The molecule has 0 aliphatic carbocycles. The van der Waals surface area contributed by atoms with Crippen molar-refractivity contribution in [2.24, 2.45) is 5.92 Å². The smallest absolute Gasteiger partial charge is 0.220 e. The van der Waals surface area contributed by atoms with Gasteiger partial charge in [-0.2, -0.15) is 5.10 Å². The zero-order chi connectivity index (χ0) is 15.8. The molecule has 0 spiro atoms. The van der Waals surface area contributed by atoms with E-state index in [2.05, 4.69) is 14.9 Å². The second-order valence-corrected chi connectivity index (χ2v) is 7.17. The summed E-state index contributed by atoms with van der Waals surface area (Å²) in [7, 11) is 0. The number of aromatic nitrogens is 2. The third-order valence-corrected chi connectivity index (χ3v) is 5.79. The maximum atomic E-state index is 12.2. The predicted octanol–water partition coefficient (Wildman–Crippen LogP) is 0.983. The number of hydrogen-bond acceptors (Lipinski definition) is 4. The van der Waals surface area contributed by atoms with Crippen molar-refractivity contribution in [3.8, 4) is 0 Å². The van der Waals surface area contributed by atoms with Crippen LogP contribution in [0.1, 0.15) is 26.2 Å². The van der Waals surface area contributed by atoms with Crippen molar-refractivity contribution in [3.63, 3.8) is 0 Å². The first kappa shape index (κ1) is 15.1. The molecule has 0 bridgehead atoms. The van der Waals surface area contributed by atoms with Gasteiger partial charge in [-0.15, -0.1) is 0 Å². The van der Waals surface area contributed by atoms with Crippen LogP contribution in [0, 0.1) is 5.92 Å². The predicted molar refractivity (Wildman–Crippen MR) is 85.8 cm³/mol. The number of hydrogen-bond donors (Lipinski definition) is 0. The van der Waals surface area contributed by atoms with E-state index < -0.39 is 0 Å². The average molecular weight is 318 g/mol. The van der Waals surface area contributed by atoms with E-state index in [0.717, 1.165) is 52.1 Å². The Bertz CT molecular complexity index is 541. The van der Waals surface area contributed by atoms with Crippen molar-refractivity contribution in [2.45, 2.75) is 50.9 Å². The van der Waals surface area contributed by atoms with E-state index in [9.17, 15) is 4.79 Å². The summed E-state index contributed by atoms with van der Waals surface area (Å²) >= 11 is 0. The van der Waals surface area contributed by atoms with E-state index in [-0.39, 0.29) is 11.9 Å². The van der Waals surface area contributed by atoms with Gasteiger partial charge < -0.3 is 9.64 Å². The molecule has 0 saturated carbocycles. The lowest BCUT2D eigenvalue weighted by atomic mass is 9.91. The molecule has 3 saturated heterocycles. The molecule has 1 amide bonds. The maximum Gasteiger partial charge on any atom is 0.220 e. The molecule has 0 radical (unpaired) electrons. The Morgan fingerprint density at radius 1 is 1.39 bits per heavy atom. The molecular formula is C17H26N4O2. The Balaban J connectivity index is 1.47. The van der Waals surface area contributed by atoms with Gasteiger partial charge in [0.15, 0.2) is 0 Å². The lowest BCUT2D eigenvalue weighted by molar-refractivity contribution is -0.133. The largest absolute Gasteiger partial charge is 0.380 e. The SMILES string of the molecule is CC(=O)N1[C@H](Cn2cccn2)C[C@@H]2CN([C@H]3CCOC3)CC[C@@H]21. The molecule has 6 nitrogen and oxygen atoms in total. The van der Waals surface area contributed by atoms with E-state index in [4.69, 9.17) is 4.74 Å². The molecule has 3 fully saturated rings. The second-order valence-electron chi connectivity index (χ2n) is 7.17. The van der Waals surface area contributed by atoms with Crippen LogP contribution in [0.15, 0.2) is 18.5 Å². The summed E-state index contributed by atoms with van der Waals surface area (Å²) in [6.07, 6.45) is 7.14. The van der Waals surface area contributed by atoms with Crippen LogP contribution in [0.5, 0.6) is 0 Å². The van der Waals surface area contributed by atoms with Crippen molar-refractivity contribution in [1.82, 2.24) is 19.6 Å². The first-order chi connectivity index (χ1) is 11.2. The molecule has 0 N–H and O–H groups in total. The van der Waals surface area contributed by atoms with Crippen molar-refractivity contribution in [3.05, 3.63) is 18.5 Å². The van der Waals surface area contributed by atoms with Gasteiger partial charge in [0.25, 0.3) is 0 Å². The van der Waals surface area contributed by atoms with Gasteiger partial charge in [-0.1, -0.05) is 0 Å². The third-order valence-electron chi connectivity index (χ3n) is 5.79. The van der Waals surface area contributed by atoms with E-state index in [1.165, 1.54) is 0 Å². The van der Waals surface area contributed by atoms with Crippen molar-refractivity contribution < 1.29 is 9.53 Å². The number of amides is 1. The molecule has 0 aromatic carbocycles. The minimum absolute atomic E-state index is 0.215. The third kappa shape index (κ3) is 2.90. The van der Waals surface area contributed by atoms with Crippen LogP contribution in [0.25, 0.3) is 0 Å². The first-order valence-electron chi connectivity index (χ1n) is 8.80.